The van der Waals surface area contributed by atoms with Gasteiger partial charge in [-0.3, -0.25) is 44.1 Å². The molecular formula is C41H36F4N6O8. The Hall–Kier alpha value is -6.66. The molecule has 0 spiro atoms. The van der Waals surface area contributed by atoms with Gasteiger partial charge in [-0.2, -0.15) is 13.2 Å². The van der Waals surface area contributed by atoms with E-state index < -0.39 is 53.1 Å². The van der Waals surface area contributed by atoms with Gasteiger partial charge in [0.15, 0.2) is 0 Å². The Morgan fingerprint density at radius 2 is 1.63 bits per heavy atom. The molecule has 4 aromatic carbocycles. The number of alkyl halides is 3. The first-order valence-electron chi connectivity index (χ1n) is 18.4. The predicted molar refractivity (Wildman–Crippen MR) is 204 cm³/mol. The van der Waals surface area contributed by atoms with Gasteiger partial charge >= 0.3 is 6.18 Å². The Labute approximate surface area is 333 Å². The number of hydrogen-bond acceptors (Lipinski definition) is 10. The van der Waals surface area contributed by atoms with Crippen molar-refractivity contribution in [2.24, 2.45) is 0 Å². The molecule has 18 heteroatoms. The van der Waals surface area contributed by atoms with Crippen molar-refractivity contribution in [3.63, 3.8) is 0 Å². The summed E-state index contributed by atoms with van der Waals surface area (Å²) in [6, 6.07) is 18.5. The highest BCUT2D eigenvalue weighted by atomic mass is 19.4. The number of carbonyl (C=O) groups excluding carboxylic acids is 5. The minimum absolute atomic E-state index is 0.0150. The molecule has 1 atom stereocenters. The Morgan fingerprint density at radius 1 is 0.881 bits per heavy atom. The highest BCUT2D eigenvalue weighted by molar-refractivity contribution is 6.23. The molecule has 5 amide bonds. The molecular weight excluding hydrogens is 780 g/mol. The summed E-state index contributed by atoms with van der Waals surface area (Å²) in [7, 11) is 1.85. The topological polar surface area (TPSA) is 161 Å². The number of carbonyl (C=O) groups is 5. The second-order valence-corrected chi connectivity index (χ2v) is 13.6. The standard InChI is InChI=1S/C41H36F4N6O8/c1-49(14-15-57-16-17-58-18-19-59-29-9-10-30-31(23-29)39(56)51(38(30)55)34-12-13-35(52)47-37(34)54)27-6-3-7-28(22-27)50-33-11-8-26(42)21-32(33)46-40(50)48-36(53)24-4-2-5-25(20-24)41(43,44)45/h2-11,20-23,34H,12-19H2,1H3,(H,46,48,53)(H,47,52,54). The van der Waals surface area contributed by atoms with Crippen LogP contribution in [0.25, 0.3) is 16.7 Å². The quantitative estimate of drug-likeness (QED) is 0.0797. The van der Waals surface area contributed by atoms with E-state index in [0.29, 0.717) is 30.1 Å². The Balaban J connectivity index is 0.881. The van der Waals surface area contributed by atoms with Crippen LogP contribution < -0.4 is 20.3 Å². The number of piperidine rings is 1. The van der Waals surface area contributed by atoms with E-state index in [9.17, 15) is 41.5 Å². The highest BCUT2D eigenvalue weighted by Gasteiger charge is 2.44. The smallest absolute Gasteiger partial charge is 0.416 e. The normalized spacial score (nSPS) is 15.4. The summed E-state index contributed by atoms with van der Waals surface area (Å²) in [5.74, 6) is -3.42. The van der Waals surface area contributed by atoms with Crippen LogP contribution in [-0.2, 0) is 25.2 Å². The summed E-state index contributed by atoms with van der Waals surface area (Å²) in [5.41, 5.74) is 1.05. The monoisotopic (exact) mass is 816 g/mol. The second kappa shape index (κ2) is 17.1. The number of imide groups is 2. The molecule has 5 aromatic rings. The fourth-order valence-corrected chi connectivity index (χ4v) is 6.69. The van der Waals surface area contributed by atoms with Gasteiger partial charge in [0.05, 0.1) is 59.8 Å². The van der Waals surface area contributed by atoms with Crippen LogP contribution in [0.2, 0.25) is 0 Å². The average Bonchev–Trinajstić information content (AvgIpc) is 3.68. The highest BCUT2D eigenvalue weighted by Crippen LogP contribution is 2.32. The zero-order valence-electron chi connectivity index (χ0n) is 31.4. The van der Waals surface area contributed by atoms with Gasteiger partial charge in [-0.1, -0.05) is 12.1 Å². The molecule has 2 N–H and O–H groups in total. The van der Waals surface area contributed by atoms with Crippen molar-refractivity contribution in [3.8, 4) is 11.4 Å². The van der Waals surface area contributed by atoms with Crippen LogP contribution in [-0.4, -0.2) is 96.7 Å². The molecule has 0 saturated carbocycles. The van der Waals surface area contributed by atoms with Crippen LogP contribution in [0, 0.1) is 5.82 Å². The lowest BCUT2D eigenvalue weighted by Gasteiger charge is -2.27. The number of aromatic nitrogens is 2. The molecule has 1 unspecified atom stereocenters. The van der Waals surface area contributed by atoms with E-state index in [1.807, 2.05) is 24.1 Å². The first-order chi connectivity index (χ1) is 28.3. The summed E-state index contributed by atoms with van der Waals surface area (Å²) < 4.78 is 72.8. The summed E-state index contributed by atoms with van der Waals surface area (Å²) in [4.78, 5) is 70.1. The molecule has 1 aromatic heterocycles. The average molecular weight is 817 g/mol. The molecule has 306 valence electrons. The van der Waals surface area contributed by atoms with E-state index in [1.165, 1.54) is 36.4 Å². The van der Waals surface area contributed by atoms with Crippen molar-refractivity contribution in [1.29, 1.82) is 0 Å². The molecule has 0 bridgehead atoms. The molecule has 1 fully saturated rings. The third-order valence-electron chi connectivity index (χ3n) is 9.67. The van der Waals surface area contributed by atoms with E-state index in [0.717, 1.165) is 28.8 Å². The first kappa shape index (κ1) is 40.5. The fourth-order valence-electron chi connectivity index (χ4n) is 6.69. The molecule has 2 aliphatic heterocycles. The minimum atomic E-state index is -4.64. The number of hydrogen-bond donors (Lipinski definition) is 2. The number of anilines is 2. The number of imidazole rings is 1. The third kappa shape index (κ3) is 8.92. The first-order valence-corrected chi connectivity index (χ1v) is 18.4. The molecule has 59 heavy (non-hydrogen) atoms. The van der Waals surface area contributed by atoms with Crippen LogP contribution in [0.5, 0.6) is 5.75 Å². The van der Waals surface area contributed by atoms with Crippen LogP contribution >= 0.6 is 0 Å². The maximum atomic E-state index is 14.2. The van der Waals surface area contributed by atoms with E-state index in [-0.39, 0.29) is 67.4 Å². The van der Waals surface area contributed by atoms with Gasteiger partial charge in [0, 0.05) is 37.3 Å². The van der Waals surface area contributed by atoms with Gasteiger partial charge in [0.2, 0.25) is 17.8 Å². The van der Waals surface area contributed by atoms with E-state index in [1.54, 1.807) is 22.8 Å². The number of rotatable bonds is 15. The molecule has 2 aliphatic rings. The molecule has 7 rings (SSSR count). The van der Waals surface area contributed by atoms with Gasteiger partial charge in [0.1, 0.15) is 24.2 Å². The Morgan fingerprint density at radius 3 is 2.41 bits per heavy atom. The van der Waals surface area contributed by atoms with Gasteiger partial charge in [-0.25, -0.2) is 9.37 Å². The Bertz CT molecular complexity index is 2450. The SMILES string of the molecule is CN(CCOCCOCCOc1ccc2c(c1)C(=O)N(C1CCC(=O)NC1=O)C2=O)c1cccc(-n2c(NC(=O)c3cccc(C(F)(F)F)c3)nc3cc(F)ccc32)c1. The van der Waals surface area contributed by atoms with Crippen molar-refractivity contribution < 1.29 is 55.7 Å². The molecule has 14 nitrogen and oxygen atoms in total. The Kier molecular flexibility index (Phi) is 11.7. The van der Waals surface area contributed by atoms with Crippen LogP contribution in [0.4, 0.5) is 29.2 Å². The number of nitrogens with one attached hydrogen (secondary N) is 2. The van der Waals surface area contributed by atoms with Crippen LogP contribution in [0.3, 0.4) is 0 Å². The van der Waals surface area contributed by atoms with Crippen LogP contribution in [0.1, 0.15) is 49.5 Å². The third-order valence-corrected chi connectivity index (χ3v) is 9.67. The molecule has 1 saturated heterocycles. The lowest BCUT2D eigenvalue weighted by Crippen LogP contribution is -2.54. The predicted octanol–water partition coefficient (Wildman–Crippen LogP) is 5.39. The number of halogens is 4. The summed E-state index contributed by atoms with van der Waals surface area (Å²) >= 11 is 0. The lowest BCUT2D eigenvalue weighted by atomic mass is 10.0. The molecule has 0 aliphatic carbocycles. The van der Waals surface area contributed by atoms with Crippen molar-refractivity contribution >= 4 is 52.2 Å². The molecule has 3 heterocycles. The maximum absolute atomic E-state index is 14.2. The van der Waals surface area contributed by atoms with Crippen molar-refractivity contribution in [2.75, 3.05) is 56.8 Å². The maximum Gasteiger partial charge on any atom is 0.416 e. The second-order valence-electron chi connectivity index (χ2n) is 13.6. The van der Waals surface area contributed by atoms with E-state index >= 15 is 0 Å². The number of likely N-dealkylation sites (N-methyl/N-ethyl adjacent to an activating group) is 1. The number of ether oxygens (including phenoxy) is 3. The van der Waals surface area contributed by atoms with Crippen molar-refractivity contribution in [1.82, 2.24) is 19.8 Å². The zero-order valence-corrected chi connectivity index (χ0v) is 31.4. The van der Waals surface area contributed by atoms with Gasteiger partial charge < -0.3 is 19.1 Å². The lowest BCUT2D eigenvalue weighted by molar-refractivity contribution is -0.138. The van der Waals surface area contributed by atoms with E-state index in [4.69, 9.17) is 14.2 Å². The summed E-state index contributed by atoms with van der Waals surface area (Å²) in [6.07, 6.45) is -4.55. The van der Waals surface area contributed by atoms with E-state index in [2.05, 4.69) is 15.6 Å². The van der Waals surface area contributed by atoms with Crippen LogP contribution in [0.15, 0.2) is 84.9 Å². The molecule has 0 radical (unpaired) electrons. The number of nitrogens with zero attached hydrogens (tertiary/aromatic N) is 4. The van der Waals surface area contributed by atoms with Gasteiger partial charge in [-0.15, -0.1) is 0 Å². The fraction of sp³-hybridized carbons (Fsp3) is 0.268. The zero-order chi connectivity index (χ0) is 41.8. The van der Waals surface area contributed by atoms with Crippen molar-refractivity contribution in [2.45, 2.75) is 25.1 Å². The summed E-state index contributed by atoms with van der Waals surface area (Å²) in [5, 5.41) is 4.75. The van der Waals surface area contributed by atoms with Gasteiger partial charge in [-0.05, 0) is 73.2 Å². The van der Waals surface area contributed by atoms with Gasteiger partial charge in [0.25, 0.3) is 17.7 Å². The summed E-state index contributed by atoms with van der Waals surface area (Å²) in [6.45, 7) is 1.72. The number of benzene rings is 4. The number of fused-ring (bicyclic) bond motifs is 2. The van der Waals surface area contributed by atoms with Crippen molar-refractivity contribution in [3.05, 3.63) is 113 Å². The largest absolute Gasteiger partial charge is 0.491 e. The number of amides is 5. The minimum Gasteiger partial charge on any atom is -0.491 e.